The van der Waals surface area contributed by atoms with Crippen molar-refractivity contribution in [3.8, 4) is 11.5 Å². The van der Waals surface area contributed by atoms with Gasteiger partial charge in [0.25, 0.3) is 0 Å². The first-order chi connectivity index (χ1) is 14.1. The monoisotopic (exact) mass is 426 g/mol. The number of rotatable bonds is 5. The Kier molecular flexibility index (Phi) is 5.65. The van der Waals surface area contributed by atoms with E-state index in [-0.39, 0.29) is 6.04 Å². The molecule has 0 aliphatic carbocycles. The quantitative estimate of drug-likeness (QED) is 0.475. The molecule has 1 unspecified atom stereocenters. The highest BCUT2D eigenvalue weighted by Gasteiger charge is 2.32. The maximum atomic E-state index is 6.50. The summed E-state index contributed by atoms with van der Waals surface area (Å²) in [7, 11) is 3.29. The zero-order valence-electron chi connectivity index (χ0n) is 16.1. The minimum absolute atomic E-state index is 0.00558. The lowest BCUT2D eigenvalue weighted by atomic mass is 9.97. The molecule has 0 spiro atoms. The highest BCUT2D eigenvalue weighted by atomic mass is 35.5. The van der Waals surface area contributed by atoms with Crippen molar-refractivity contribution in [3.05, 3.63) is 87.9 Å². The summed E-state index contributed by atoms with van der Waals surface area (Å²) in [6.45, 7) is 0. The van der Waals surface area contributed by atoms with Crippen LogP contribution in [-0.4, -0.2) is 19.9 Å². The number of benzene rings is 3. The van der Waals surface area contributed by atoms with E-state index in [1.165, 1.54) is 0 Å². The molecule has 4 rings (SSSR count). The van der Waals surface area contributed by atoms with Gasteiger partial charge in [-0.2, -0.15) is 5.10 Å². The third-order valence-electron chi connectivity index (χ3n) is 4.98. The minimum Gasteiger partial charge on any atom is -0.497 e. The first-order valence-electron chi connectivity index (χ1n) is 9.20. The third-order valence-corrected chi connectivity index (χ3v) is 5.56. The Balaban J connectivity index is 1.79. The van der Waals surface area contributed by atoms with Crippen LogP contribution in [0, 0.1) is 0 Å². The second-order valence-corrected chi connectivity index (χ2v) is 7.52. The van der Waals surface area contributed by atoms with E-state index in [0.717, 1.165) is 34.0 Å². The first kappa shape index (κ1) is 19.6. The van der Waals surface area contributed by atoms with E-state index >= 15 is 0 Å². The van der Waals surface area contributed by atoms with Crippen LogP contribution in [-0.2, 0) is 0 Å². The van der Waals surface area contributed by atoms with Crippen molar-refractivity contribution in [2.24, 2.45) is 5.10 Å². The molecule has 0 N–H and O–H groups in total. The number of nitrogens with zero attached hydrogens (tertiary/aromatic N) is 2. The van der Waals surface area contributed by atoms with E-state index in [4.69, 9.17) is 37.8 Å². The number of hydrogen-bond donors (Lipinski definition) is 0. The molecule has 0 bridgehead atoms. The predicted octanol–water partition coefficient (Wildman–Crippen LogP) is 6.37. The number of halogens is 2. The van der Waals surface area contributed by atoms with E-state index in [0.29, 0.717) is 16.5 Å². The van der Waals surface area contributed by atoms with Crippen LogP contribution in [0.2, 0.25) is 10.0 Å². The van der Waals surface area contributed by atoms with Crippen molar-refractivity contribution in [3.63, 3.8) is 0 Å². The van der Waals surface area contributed by atoms with Crippen LogP contribution >= 0.6 is 23.2 Å². The van der Waals surface area contributed by atoms with Gasteiger partial charge in [-0.05, 0) is 42.0 Å². The Morgan fingerprint density at radius 3 is 2.38 bits per heavy atom. The first-order valence-corrected chi connectivity index (χ1v) is 9.95. The molecule has 0 amide bonds. The number of hydrazone groups is 1. The number of methoxy groups -OCH3 is 2. The summed E-state index contributed by atoms with van der Waals surface area (Å²) < 4.78 is 10.9. The summed E-state index contributed by atoms with van der Waals surface area (Å²) in [5.74, 6) is 1.46. The maximum Gasteiger partial charge on any atom is 0.131 e. The standard InChI is InChI=1S/C23H20Cl2N2O2/c1-28-17-11-12-18(23(13-17)29-2)20-14-22(15-7-9-16(24)10-8-15)27(26-20)21-6-4-3-5-19(21)25/h3-13,22H,14H2,1-2H3. The summed E-state index contributed by atoms with van der Waals surface area (Å²) in [4.78, 5) is 0. The predicted molar refractivity (Wildman–Crippen MR) is 119 cm³/mol. The average Bonchev–Trinajstić information content (AvgIpc) is 3.19. The summed E-state index contributed by atoms with van der Waals surface area (Å²) in [5.41, 5.74) is 3.82. The normalized spacial score (nSPS) is 15.9. The SMILES string of the molecule is COc1ccc(C2=NN(c3ccccc3Cl)C(c3ccc(Cl)cc3)C2)c(OC)c1. The molecule has 148 valence electrons. The molecular formula is C23H20Cl2N2O2. The van der Waals surface area contributed by atoms with Gasteiger partial charge in [0.15, 0.2) is 0 Å². The lowest BCUT2D eigenvalue weighted by Crippen LogP contribution is -2.18. The minimum atomic E-state index is -0.00558. The van der Waals surface area contributed by atoms with Crippen molar-refractivity contribution in [1.29, 1.82) is 0 Å². The van der Waals surface area contributed by atoms with Crippen LogP contribution < -0.4 is 14.5 Å². The largest absolute Gasteiger partial charge is 0.497 e. The smallest absolute Gasteiger partial charge is 0.131 e. The molecule has 3 aromatic carbocycles. The molecule has 1 heterocycles. The summed E-state index contributed by atoms with van der Waals surface area (Å²) in [5, 5.41) is 8.28. The molecule has 1 aliphatic heterocycles. The summed E-state index contributed by atoms with van der Waals surface area (Å²) in [6.07, 6.45) is 0.704. The van der Waals surface area contributed by atoms with Crippen molar-refractivity contribution < 1.29 is 9.47 Å². The molecule has 4 nitrogen and oxygen atoms in total. The fraction of sp³-hybridized carbons (Fsp3) is 0.174. The van der Waals surface area contributed by atoms with E-state index in [9.17, 15) is 0 Å². The van der Waals surface area contributed by atoms with E-state index < -0.39 is 0 Å². The molecule has 0 aromatic heterocycles. The second kappa shape index (κ2) is 8.36. The molecule has 6 heteroatoms. The van der Waals surface area contributed by atoms with Crippen LogP contribution in [0.25, 0.3) is 0 Å². The second-order valence-electron chi connectivity index (χ2n) is 6.68. The molecule has 0 fully saturated rings. The summed E-state index contributed by atoms with van der Waals surface area (Å²) in [6, 6.07) is 21.3. The van der Waals surface area contributed by atoms with Gasteiger partial charge in [-0.1, -0.05) is 47.5 Å². The molecule has 29 heavy (non-hydrogen) atoms. The van der Waals surface area contributed by atoms with Gasteiger partial charge in [-0.25, -0.2) is 0 Å². The molecule has 1 aliphatic rings. The molecule has 0 saturated carbocycles. The molecule has 0 radical (unpaired) electrons. The number of para-hydroxylation sites is 1. The Morgan fingerprint density at radius 1 is 0.931 bits per heavy atom. The molecule has 3 aromatic rings. The summed E-state index contributed by atoms with van der Waals surface area (Å²) >= 11 is 12.6. The Labute approximate surface area is 180 Å². The van der Waals surface area contributed by atoms with Gasteiger partial charge in [0, 0.05) is 23.1 Å². The van der Waals surface area contributed by atoms with Gasteiger partial charge in [-0.15, -0.1) is 0 Å². The highest BCUT2D eigenvalue weighted by Crippen LogP contribution is 2.41. The van der Waals surface area contributed by atoms with Crippen LogP contribution in [0.15, 0.2) is 71.8 Å². The Morgan fingerprint density at radius 2 is 1.69 bits per heavy atom. The fourth-order valence-electron chi connectivity index (χ4n) is 3.51. The molecular weight excluding hydrogens is 407 g/mol. The number of ether oxygens (including phenoxy) is 2. The number of hydrogen-bond acceptors (Lipinski definition) is 4. The van der Waals surface area contributed by atoms with Crippen LogP contribution in [0.5, 0.6) is 11.5 Å². The van der Waals surface area contributed by atoms with Gasteiger partial charge in [0.2, 0.25) is 0 Å². The Bertz CT molecular complexity index is 1050. The van der Waals surface area contributed by atoms with Gasteiger partial charge < -0.3 is 9.47 Å². The van der Waals surface area contributed by atoms with Gasteiger partial charge in [0.1, 0.15) is 11.5 Å². The van der Waals surface area contributed by atoms with Crippen LogP contribution in [0.4, 0.5) is 5.69 Å². The lowest BCUT2D eigenvalue weighted by Gasteiger charge is -2.24. The van der Waals surface area contributed by atoms with Gasteiger partial charge in [0.05, 0.1) is 36.7 Å². The fourth-order valence-corrected chi connectivity index (χ4v) is 3.86. The van der Waals surface area contributed by atoms with E-state index in [2.05, 4.69) is 0 Å². The van der Waals surface area contributed by atoms with Crippen molar-refractivity contribution >= 4 is 34.6 Å². The van der Waals surface area contributed by atoms with Crippen molar-refractivity contribution in [2.45, 2.75) is 12.5 Å². The Hall–Kier alpha value is -2.69. The zero-order chi connectivity index (χ0) is 20.4. The number of anilines is 1. The lowest BCUT2D eigenvalue weighted by molar-refractivity contribution is 0.394. The van der Waals surface area contributed by atoms with Crippen LogP contribution in [0.3, 0.4) is 0 Å². The van der Waals surface area contributed by atoms with Gasteiger partial charge in [-0.3, -0.25) is 5.01 Å². The van der Waals surface area contributed by atoms with E-state index in [1.54, 1.807) is 14.2 Å². The highest BCUT2D eigenvalue weighted by molar-refractivity contribution is 6.33. The topological polar surface area (TPSA) is 34.1 Å². The van der Waals surface area contributed by atoms with Crippen LogP contribution in [0.1, 0.15) is 23.6 Å². The maximum absolute atomic E-state index is 6.50. The molecule has 1 atom stereocenters. The third kappa shape index (κ3) is 3.91. The van der Waals surface area contributed by atoms with Gasteiger partial charge >= 0.3 is 0 Å². The van der Waals surface area contributed by atoms with Crippen molar-refractivity contribution in [2.75, 3.05) is 19.2 Å². The average molecular weight is 427 g/mol. The van der Waals surface area contributed by atoms with Crippen molar-refractivity contribution in [1.82, 2.24) is 0 Å². The molecule has 0 saturated heterocycles. The zero-order valence-corrected chi connectivity index (χ0v) is 17.6. The van der Waals surface area contributed by atoms with E-state index in [1.807, 2.05) is 71.7 Å².